The molecular formula is C16H21N3OS. The van der Waals surface area contributed by atoms with Gasteiger partial charge >= 0.3 is 0 Å². The second kappa shape index (κ2) is 8.06. The van der Waals surface area contributed by atoms with Crippen LogP contribution in [0.15, 0.2) is 18.5 Å². The Morgan fingerprint density at radius 2 is 2.38 bits per heavy atom. The largest absolute Gasteiger partial charge is 0.349 e. The van der Waals surface area contributed by atoms with E-state index >= 15 is 0 Å². The summed E-state index contributed by atoms with van der Waals surface area (Å²) in [5, 5.41) is 3.78. The Morgan fingerprint density at radius 3 is 3.14 bits per heavy atom. The van der Waals surface area contributed by atoms with Crippen molar-refractivity contribution in [2.75, 3.05) is 12.3 Å². The molecule has 5 heteroatoms. The number of rotatable bonds is 4. The van der Waals surface area contributed by atoms with Crippen LogP contribution >= 0.6 is 11.8 Å². The number of thioether (sulfide) groups is 1. The summed E-state index contributed by atoms with van der Waals surface area (Å²) in [6.07, 6.45) is 6.52. The molecule has 3 N–H and O–H groups in total. The third-order valence-corrected chi connectivity index (χ3v) is 4.69. The summed E-state index contributed by atoms with van der Waals surface area (Å²) in [7, 11) is 0. The molecule has 2 unspecified atom stereocenters. The smallest absolute Gasteiger partial charge is 0.253 e. The van der Waals surface area contributed by atoms with E-state index < -0.39 is 0 Å². The monoisotopic (exact) mass is 303 g/mol. The van der Waals surface area contributed by atoms with Gasteiger partial charge in [-0.05, 0) is 31.1 Å². The van der Waals surface area contributed by atoms with Gasteiger partial charge in [-0.1, -0.05) is 18.8 Å². The van der Waals surface area contributed by atoms with Crippen molar-refractivity contribution in [3.8, 4) is 11.8 Å². The number of hydrogen-bond donors (Lipinski definition) is 2. The van der Waals surface area contributed by atoms with E-state index in [1.54, 1.807) is 18.5 Å². The molecule has 1 aromatic rings. The van der Waals surface area contributed by atoms with Gasteiger partial charge in [-0.25, -0.2) is 0 Å². The zero-order chi connectivity index (χ0) is 15.1. The number of carbonyl (C=O) groups excluding carboxylic acids is 1. The van der Waals surface area contributed by atoms with Crippen molar-refractivity contribution in [2.45, 2.75) is 37.5 Å². The van der Waals surface area contributed by atoms with Crippen molar-refractivity contribution < 1.29 is 4.79 Å². The highest BCUT2D eigenvalue weighted by atomic mass is 32.2. The SMILES string of the molecule is CCSC1CCC(NC(=O)c2cncc(C#CCN)c2)C1. The zero-order valence-corrected chi connectivity index (χ0v) is 13.1. The Morgan fingerprint density at radius 1 is 1.52 bits per heavy atom. The molecule has 1 saturated carbocycles. The third-order valence-electron chi connectivity index (χ3n) is 3.46. The molecule has 1 aromatic heterocycles. The maximum atomic E-state index is 12.3. The van der Waals surface area contributed by atoms with Crippen LogP contribution in [0, 0.1) is 11.8 Å². The summed E-state index contributed by atoms with van der Waals surface area (Å²) >= 11 is 1.98. The predicted octanol–water partition coefficient (Wildman–Crippen LogP) is 1.80. The van der Waals surface area contributed by atoms with Gasteiger partial charge in [0, 0.05) is 29.2 Å². The van der Waals surface area contributed by atoms with E-state index in [1.165, 1.54) is 6.42 Å². The second-order valence-corrected chi connectivity index (χ2v) is 6.61. The lowest BCUT2D eigenvalue weighted by Gasteiger charge is -2.13. The van der Waals surface area contributed by atoms with Crippen LogP contribution in [0.2, 0.25) is 0 Å². The molecule has 0 aromatic carbocycles. The highest BCUT2D eigenvalue weighted by Crippen LogP contribution is 2.29. The number of carbonyl (C=O) groups is 1. The summed E-state index contributed by atoms with van der Waals surface area (Å²) < 4.78 is 0. The lowest BCUT2D eigenvalue weighted by Crippen LogP contribution is -2.33. The molecule has 21 heavy (non-hydrogen) atoms. The first-order chi connectivity index (χ1) is 10.2. The summed E-state index contributed by atoms with van der Waals surface area (Å²) in [6.45, 7) is 2.48. The maximum Gasteiger partial charge on any atom is 0.253 e. The van der Waals surface area contributed by atoms with Crippen LogP contribution in [0.5, 0.6) is 0 Å². The van der Waals surface area contributed by atoms with Crippen molar-refractivity contribution >= 4 is 17.7 Å². The number of nitrogens with zero attached hydrogens (tertiary/aromatic N) is 1. The van der Waals surface area contributed by atoms with E-state index in [9.17, 15) is 4.79 Å². The normalized spacial score (nSPS) is 20.7. The molecule has 0 saturated heterocycles. The van der Waals surface area contributed by atoms with E-state index in [-0.39, 0.29) is 11.9 Å². The second-order valence-electron chi connectivity index (χ2n) is 5.03. The zero-order valence-electron chi connectivity index (χ0n) is 12.3. The molecule has 4 nitrogen and oxygen atoms in total. The molecule has 1 aliphatic carbocycles. The first kappa shape index (κ1) is 15.9. The predicted molar refractivity (Wildman–Crippen MR) is 87.2 cm³/mol. The van der Waals surface area contributed by atoms with Gasteiger partial charge in [0.25, 0.3) is 5.91 Å². The Bertz CT molecular complexity index is 550. The Balaban J connectivity index is 1.94. The van der Waals surface area contributed by atoms with Gasteiger partial charge in [0.15, 0.2) is 0 Å². The van der Waals surface area contributed by atoms with E-state index in [4.69, 9.17) is 5.73 Å². The average molecular weight is 303 g/mol. The molecule has 2 atom stereocenters. The fourth-order valence-electron chi connectivity index (χ4n) is 2.51. The number of hydrogen-bond acceptors (Lipinski definition) is 4. The first-order valence-electron chi connectivity index (χ1n) is 7.29. The van der Waals surface area contributed by atoms with Crippen molar-refractivity contribution in [2.24, 2.45) is 5.73 Å². The molecule has 1 heterocycles. The van der Waals surface area contributed by atoms with Crippen molar-refractivity contribution in [1.29, 1.82) is 0 Å². The van der Waals surface area contributed by atoms with Gasteiger partial charge in [0.1, 0.15) is 0 Å². The minimum absolute atomic E-state index is 0.0638. The molecule has 0 spiro atoms. The minimum Gasteiger partial charge on any atom is -0.349 e. The van der Waals surface area contributed by atoms with Gasteiger partial charge in [-0.15, -0.1) is 0 Å². The van der Waals surface area contributed by atoms with Crippen molar-refractivity contribution in [3.63, 3.8) is 0 Å². The quantitative estimate of drug-likeness (QED) is 0.832. The number of aromatic nitrogens is 1. The highest BCUT2D eigenvalue weighted by Gasteiger charge is 2.26. The summed E-state index contributed by atoms with van der Waals surface area (Å²) in [5.74, 6) is 6.74. The van der Waals surface area contributed by atoms with Gasteiger partial charge in [-0.2, -0.15) is 11.8 Å². The van der Waals surface area contributed by atoms with Crippen LogP contribution in [0.1, 0.15) is 42.1 Å². The van der Waals surface area contributed by atoms with Crippen LogP contribution in [-0.4, -0.2) is 34.5 Å². The van der Waals surface area contributed by atoms with Crippen LogP contribution in [0.4, 0.5) is 0 Å². The minimum atomic E-state index is -0.0638. The summed E-state index contributed by atoms with van der Waals surface area (Å²) in [4.78, 5) is 16.3. The summed E-state index contributed by atoms with van der Waals surface area (Å²) in [6, 6.07) is 2.04. The average Bonchev–Trinajstić information content (AvgIpc) is 2.93. The third kappa shape index (κ3) is 4.76. The number of nitrogens with one attached hydrogen (secondary N) is 1. The number of pyridine rings is 1. The van der Waals surface area contributed by atoms with Gasteiger partial charge in [0.05, 0.1) is 12.1 Å². The first-order valence-corrected chi connectivity index (χ1v) is 8.34. The molecule has 0 radical (unpaired) electrons. The van der Waals surface area contributed by atoms with Crippen LogP contribution in [0.3, 0.4) is 0 Å². The maximum absolute atomic E-state index is 12.3. The Hall–Kier alpha value is -1.51. The Kier molecular flexibility index (Phi) is 6.09. The van der Waals surface area contributed by atoms with E-state index in [0.717, 1.165) is 24.2 Å². The standard InChI is InChI=1S/C16H21N3OS/c1-2-21-15-6-5-14(9-15)19-16(20)13-8-12(4-3-7-17)10-18-11-13/h8,10-11,14-15H,2,5-7,9,17H2,1H3,(H,19,20). The van der Waals surface area contributed by atoms with Gasteiger partial charge in [0.2, 0.25) is 0 Å². The van der Waals surface area contributed by atoms with E-state index in [0.29, 0.717) is 17.4 Å². The summed E-state index contributed by atoms with van der Waals surface area (Å²) in [5.41, 5.74) is 6.63. The van der Waals surface area contributed by atoms with Crippen LogP contribution in [-0.2, 0) is 0 Å². The molecule has 112 valence electrons. The topological polar surface area (TPSA) is 68.0 Å². The fraction of sp³-hybridized carbons (Fsp3) is 0.500. The van der Waals surface area contributed by atoms with Crippen LogP contribution in [0.25, 0.3) is 0 Å². The highest BCUT2D eigenvalue weighted by molar-refractivity contribution is 7.99. The fourth-order valence-corrected chi connectivity index (χ4v) is 3.66. The molecular weight excluding hydrogens is 282 g/mol. The lowest BCUT2D eigenvalue weighted by molar-refractivity contribution is 0.0937. The Labute approximate surface area is 130 Å². The molecule has 2 rings (SSSR count). The molecule has 0 bridgehead atoms. The number of nitrogens with two attached hydrogens (primary N) is 1. The van der Waals surface area contributed by atoms with E-state index in [1.807, 2.05) is 11.8 Å². The van der Waals surface area contributed by atoms with Crippen LogP contribution < -0.4 is 11.1 Å². The molecule has 1 fully saturated rings. The van der Waals surface area contributed by atoms with Gasteiger partial charge < -0.3 is 11.1 Å². The number of amides is 1. The van der Waals surface area contributed by atoms with Gasteiger partial charge in [-0.3, -0.25) is 9.78 Å². The molecule has 1 aliphatic rings. The van der Waals surface area contributed by atoms with E-state index in [2.05, 4.69) is 29.1 Å². The lowest BCUT2D eigenvalue weighted by atomic mass is 10.1. The molecule has 0 aliphatic heterocycles. The molecule has 1 amide bonds. The van der Waals surface area contributed by atoms with Crippen molar-refractivity contribution in [3.05, 3.63) is 29.6 Å². The van der Waals surface area contributed by atoms with Crippen molar-refractivity contribution in [1.82, 2.24) is 10.3 Å².